The van der Waals surface area contributed by atoms with Gasteiger partial charge in [0.25, 0.3) is 0 Å². The van der Waals surface area contributed by atoms with Crippen molar-refractivity contribution in [2.24, 2.45) is 23.2 Å². The summed E-state index contributed by atoms with van der Waals surface area (Å²) in [6.45, 7) is 2.22. The van der Waals surface area contributed by atoms with Crippen molar-refractivity contribution in [1.82, 2.24) is 4.98 Å². The summed E-state index contributed by atoms with van der Waals surface area (Å²) in [5.41, 5.74) is 2.67. The van der Waals surface area contributed by atoms with Crippen LogP contribution in [0.25, 0.3) is 10.2 Å². The Balaban J connectivity index is 1.27. The number of rotatable bonds is 6. The molecule has 144 valence electrons. The average Bonchev–Trinajstić information content (AvgIpc) is 2.99. The van der Waals surface area contributed by atoms with Gasteiger partial charge in [-0.3, -0.25) is 4.79 Å². The molecule has 0 spiro atoms. The molecule has 4 fully saturated rings. The van der Waals surface area contributed by atoms with Crippen LogP contribution >= 0.6 is 11.3 Å². The van der Waals surface area contributed by atoms with Gasteiger partial charge in [0, 0.05) is 6.42 Å². The van der Waals surface area contributed by atoms with Gasteiger partial charge in [-0.05, 0) is 92.2 Å². The van der Waals surface area contributed by atoms with Crippen molar-refractivity contribution >= 4 is 32.6 Å². The number of thiazole rings is 1. The summed E-state index contributed by atoms with van der Waals surface area (Å²) in [5, 5.41) is 3.91. The molecule has 2 aromatic rings. The normalized spacial score (nSPS) is 31.5. The second-order valence-electron chi connectivity index (χ2n) is 9.57. The Morgan fingerprint density at radius 1 is 1.19 bits per heavy atom. The highest BCUT2D eigenvalue weighted by Crippen LogP contribution is 2.61. The van der Waals surface area contributed by atoms with Crippen LogP contribution in [0.3, 0.4) is 0 Å². The number of hydrogen-bond donors (Lipinski definition) is 1. The summed E-state index contributed by atoms with van der Waals surface area (Å²) in [7, 11) is 0. The van der Waals surface area contributed by atoms with Crippen LogP contribution in [0.15, 0.2) is 18.2 Å². The molecule has 0 aliphatic heterocycles. The van der Waals surface area contributed by atoms with Crippen molar-refractivity contribution in [3.8, 4) is 0 Å². The fourth-order valence-electron chi connectivity index (χ4n) is 6.57. The predicted molar refractivity (Wildman–Crippen MR) is 112 cm³/mol. The van der Waals surface area contributed by atoms with E-state index in [1.54, 1.807) is 11.3 Å². The lowest BCUT2D eigenvalue weighted by Gasteiger charge is -2.56. The molecule has 1 amide bonds. The minimum Gasteiger partial charge on any atom is -0.302 e. The van der Waals surface area contributed by atoms with Crippen molar-refractivity contribution in [3.63, 3.8) is 0 Å². The molecule has 0 saturated heterocycles. The molecule has 0 radical (unpaired) electrons. The smallest absolute Gasteiger partial charge is 0.226 e. The van der Waals surface area contributed by atoms with Gasteiger partial charge in [-0.25, -0.2) is 4.98 Å². The van der Waals surface area contributed by atoms with Gasteiger partial charge in [0.15, 0.2) is 5.13 Å². The van der Waals surface area contributed by atoms with Gasteiger partial charge in [-0.15, -0.1) is 0 Å². The Kier molecular flexibility index (Phi) is 4.50. The average molecular weight is 383 g/mol. The summed E-state index contributed by atoms with van der Waals surface area (Å²) in [6.07, 6.45) is 12.4. The topological polar surface area (TPSA) is 42.0 Å². The van der Waals surface area contributed by atoms with Crippen LogP contribution in [0.5, 0.6) is 0 Å². The Morgan fingerprint density at radius 3 is 2.56 bits per heavy atom. The predicted octanol–water partition coefficient (Wildman–Crippen LogP) is 6.18. The van der Waals surface area contributed by atoms with Crippen LogP contribution in [0.1, 0.15) is 70.3 Å². The van der Waals surface area contributed by atoms with Crippen molar-refractivity contribution in [2.75, 3.05) is 5.32 Å². The molecule has 27 heavy (non-hydrogen) atoms. The first kappa shape index (κ1) is 17.7. The van der Waals surface area contributed by atoms with E-state index < -0.39 is 0 Å². The van der Waals surface area contributed by atoms with Crippen molar-refractivity contribution in [2.45, 2.75) is 71.1 Å². The number of anilines is 1. The summed E-state index contributed by atoms with van der Waals surface area (Å²) in [5.74, 6) is 2.87. The molecule has 0 unspecified atom stereocenters. The second-order valence-corrected chi connectivity index (χ2v) is 10.6. The summed E-state index contributed by atoms with van der Waals surface area (Å²) in [4.78, 5) is 17.5. The van der Waals surface area contributed by atoms with Gasteiger partial charge >= 0.3 is 0 Å². The van der Waals surface area contributed by atoms with Crippen LogP contribution in [0.4, 0.5) is 5.13 Å². The van der Waals surface area contributed by atoms with E-state index in [1.165, 1.54) is 61.6 Å². The molecule has 1 N–H and O–H groups in total. The fourth-order valence-corrected chi connectivity index (χ4v) is 7.52. The van der Waals surface area contributed by atoms with E-state index in [-0.39, 0.29) is 5.91 Å². The zero-order chi connectivity index (χ0) is 18.4. The lowest BCUT2D eigenvalue weighted by Crippen LogP contribution is -2.47. The molecule has 4 heteroatoms. The maximum absolute atomic E-state index is 12.8. The maximum Gasteiger partial charge on any atom is 0.226 e. The zero-order valence-electron chi connectivity index (χ0n) is 16.3. The molecule has 3 nitrogen and oxygen atoms in total. The molecule has 1 aromatic heterocycles. The van der Waals surface area contributed by atoms with Gasteiger partial charge in [-0.1, -0.05) is 30.7 Å². The number of carbonyl (C=O) groups is 1. The van der Waals surface area contributed by atoms with Gasteiger partial charge in [0.1, 0.15) is 0 Å². The van der Waals surface area contributed by atoms with Gasteiger partial charge < -0.3 is 5.32 Å². The third-order valence-electron chi connectivity index (χ3n) is 7.22. The second kappa shape index (κ2) is 6.88. The number of aryl methyl sites for hydroxylation is 1. The number of nitrogens with zero attached hydrogens (tertiary/aromatic N) is 1. The van der Waals surface area contributed by atoms with E-state index in [0.717, 1.165) is 34.8 Å². The van der Waals surface area contributed by atoms with E-state index in [9.17, 15) is 4.79 Å². The first-order valence-corrected chi connectivity index (χ1v) is 11.6. The monoisotopic (exact) mass is 382 g/mol. The number of amides is 1. The number of nitrogens with one attached hydrogen (secondary N) is 1. The molecule has 4 bridgehead atoms. The van der Waals surface area contributed by atoms with Crippen LogP contribution in [0, 0.1) is 23.2 Å². The third kappa shape index (κ3) is 3.53. The summed E-state index contributed by atoms with van der Waals surface area (Å²) >= 11 is 1.62. The standard InChI is InChI=1S/C23H30N2OS/c1-2-3-4-15-5-6-19-20(10-15)27-22(24-19)25-21(26)14-23-11-16-7-17(12-23)9-18(8-16)13-23/h5-6,10,16-18H,2-4,7-9,11-14H2,1H3,(H,24,25,26). The van der Waals surface area contributed by atoms with E-state index in [2.05, 4.69) is 35.4 Å². The molecule has 1 aromatic carbocycles. The molecular formula is C23H30N2OS. The molecule has 1 heterocycles. The lowest BCUT2D eigenvalue weighted by molar-refractivity contribution is -0.124. The number of fused-ring (bicyclic) bond motifs is 1. The minimum absolute atomic E-state index is 0.183. The molecule has 4 aliphatic carbocycles. The van der Waals surface area contributed by atoms with E-state index in [4.69, 9.17) is 0 Å². The van der Waals surface area contributed by atoms with Crippen molar-refractivity contribution in [3.05, 3.63) is 23.8 Å². The van der Waals surface area contributed by atoms with Gasteiger partial charge in [0.05, 0.1) is 10.2 Å². The Morgan fingerprint density at radius 2 is 1.89 bits per heavy atom. The number of aromatic nitrogens is 1. The Hall–Kier alpha value is -1.42. The first-order chi connectivity index (χ1) is 13.1. The van der Waals surface area contributed by atoms with E-state index in [1.807, 2.05) is 0 Å². The highest BCUT2D eigenvalue weighted by atomic mass is 32.1. The van der Waals surface area contributed by atoms with Crippen LogP contribution < -0.4 is 5.32 Å². The summed E-state index contributed by atoms with van der Waals surface area (Å²) < 4.78 is 1.19. The molecule has 0 atom stereocenters. The fraction of sp³-hybridized carbons (Fsp3) is 0.652. The Labute approximate surface area is 166 Å². The largest absolute Gasteiger partial charge is 0.302 e. The van der Waals surface area contributed by atoms with Gasteiger partial charge in [-0.2, -0.15) is 0 Å². The lowest BCUT2D eigenvalue weighted by atomic mass is 9.49. The number of hydrogen-bond acceptors (Lipinski definition) is 3. The highest BCUT2D eigenvalue weighted by Gasteiger charge is 2.51. The number of benzene rings is 1. The molecular weight excluding hydrogens is 352 g/mol. The summed E-state index contributed by atoms with van der Waals surface area (Å²) in [6, 6.07) is 6.53. The van der Waals surface area contributed by atoms with Crippen LogP contribution in [-0.4, -0.2) is 10.9 Å². The molecule has 6 rings (SSSR count). The van der Waals surface area contributed by atoms with E-state index >= 15 is 0 Å². The first-order valence-electron chi connectivity index (χ1n) is 10.8. The molecule has 4 saturated carbocycles. The quantitative estimate of drug-likeness (QED) is 0.648. The molecule has 4 aliphatic rings. The van der Waals surface area contributed by atoms with E-state index in [0.29, 0.717) is 11.8 Å². The zero-order valence-corrected chi connectivity index (χ0v) is 17.1. The van der Waals surface area contributed by atoms with Crippen LogP contribution in [-0.2, 0) is 11.2 Å². The third-order valence-corrected chi connectivity index (χ3v) is 8.15. The maximum atomic E-state index is 12.8. The Bertz CT molecular complexity index is 820. The number of unbranched alkanes of at least 4 members (excludes halogenated alkanes) is 1. The highest BCUT2D eigenvalue weighted by molar-refractivity contribution is 7.22. The van der Waals surface area contributed by atoms with Crippen molar-refractivity contribution < 1.29 is 4.79 Å². The van der Waals surface area contributed by atoms with Crippen molar-refractivity contribution in [1.29, 1.82) is 0 Å². The minimum atomic E-state index is 0.183. The van der Waals surface area contributed by atoms with Gasteiger partial charge in [0.2, 0.25) is 5.91 Å². The SMILES string of the molecule is CCCCc1ccc2nc(NC(=O)CC34CC5CC(CC(C5)C3)C4)sc2c1. The number of carbonyl (C=O) groups excluding carboxylic acids is 1. The van der Waals surface area contributed by atoms with Crippen LogP contribution in [0.2, 0.25) is 0 Å².